The van der Waals surface area contributed by atoms with Gasteiger partial charge in [-0.2, -0.15) is 0 Å². The van der Waals surface area contributed by atoms with E-state index in [1.54, 1.807) is 0 Å². The van der Waals surface area contributed by atoms with Crippen molar-refractivity contribution >= 4 is 0 Å². The van der Waals surface area contributed by atoms with Gasteiger partial charge < -0.3 is 9.80 Å². The van der Waals surface area contributed by atoms with E-state index in [1.807, 2.05) is 0 Å². The van der Waals surface area contributed by atoms with Crippen LogP contribution in [-0.4, -0.2) is 94.6 Å². The average Bonchev–Trinajstić information content (AvgIpc) is 2.62. The summed E-state index contributed by atoms with van der Waals surface area (Å²) in [5, 5.41) is 0. The molecule has 0 unspecified atom stereocenters. The Kier molecular flexibility index (Phi) is 15.6. The van der Waals surface area contributed by atoms with Gasteiger partial charge >= 0.3 is 0 Å². The Hall–Kier alpha value is -0.160. The summed E-state index contributed by atoms with van der Waals surface area (Å²) in [7, 11) is 0. The topological polar surface area (TPSA) is 13.0 Å². The number of nitrogens with zero attached hydrogens (tertiary/aromatic N) is 4. The van der Waals surface area contributed by atoms with Gasteiger partial charge in [0.15, 0.2) is 0 Å². The molecule has 0 atom stereocenters. The molecule has 0 aliphatic heterocycles. The summed E-state index contributed by atoms with van der Waals surface area (Å²) in [4.78, 5) is 10.6. The maximum Gasteiger partial charge on any atom is 0.0127 e. The molecule has 0 rings (SSSR count). The van der Waals surface area contributed by atoms with Crippen LogP contribution in [0.3, 0.4) is 0 Å². The van der Waals surface area contributed by atoms with E-state index in [-0.39, 0.29) is 5.54 Å². The molecule has 0 bridgehead atoms. The highest BCUT2D eigenvalue weighted by Gasteiger charge is 2.23. The lowest BCUT2D eigenvalue weighted by Crippen LogP contribution is -2.47. The lowest BCUT2D eigenvalue weighted by molar-refractivity contribution is 0.0887. The Balaban J connectivity index is 4.56. The second-order valence-corrected chi connectivity index (χ2v) is 12.2. The van der Waals surface area contributed by atoms with Gasteiger partial charge in [0.1, 0.15) is 0 Å². The molecule has 4 heteroatoms. The molecule has 0 spiro atoms. The molecule has 0 N–H and O–H groups in total. The molecule has 0 aromatic rings. The van der Waals surface area contributed by atoms with Crippen molar-refractivity contribution in [2.75, 3.05) is 39.3 Å². The van der Waals surface area contributed by atoms with Crippen molar-refractivity contribution in [3.8, 4) is 0 Å². The Bertz CT molecular complexity index is 443. The predicted molar refractivity (Wildman–Crippen MR) is 146 cm³/mol. The van der Waals surface area contributed by atoms with Crippen LogP contribution in [0.15, 0.2) is 0 Å². The van der Waals surface area contributed by atoms with E-state index in [0.717, 1.165) is 0 Å². The van der Waals surface area contributed by atoms with Crippen molar-refractivity contribution in [2.24, 2.45) is 0 Å². The van der Waals surface area contributed by atoms with E-state index < -0.39 is 0 Å². The minimum atomic E-state index is 0.245. The molecule has 0 heterocycles. The summed E-state index contributed by atoms with van der Waals surface area (Å²) in [5.41, 5.74) is 0.245. The lowest BCUT2D eigenvalue weighted by Gasteiger charge is -2.39. The van der Waals surface area contributed by atoms with Crippen LogP contribution < -0.4 is 0 Å². The second kappa shape index (κ2) is 15.7. The highest BCUT2D eigenvalue weighted by atomic mass is 15.2. The molecule has 0 aromatic carbocycles. The molecular weight excluding hydrogens is 392 g/mol. The average molecular weight is 455 g/mol. The van der Waals surface area contributed by atoms with Gasteiger partial charge in [0.2, 0.25) is 0 Å². The molecule has 0 fully saturated rings. The highest BCUT2D eigenvalue weighted by Crippen LogP contribution is 2.17. The van der Waals surface area contributed by atoms with E-state index in [2.05, 4.69) is 110 Å². The van der Waals surface area contributed by atoms with E-state index in [9.17, 15) is 0 Å². The molecular formula is C28H62N4. The maximum absolute atomic E-state index is 2.69. The zero-order chi connectivity index (χ0) is 25.1. The summed E-state index contributed by atoms with van der Waals surface area (Å²) in [6, 6.07) is 3.11. The van der Waals surface area contributed by atoms with Crippen LogP contribution in [0.5, 0.6) is 0 Å². The molecule has 4 nitrogen and oxygen atoms in total. The van der Waals surface area contributed by atoms with Crippen molar-refractivity contribution in [3.63, 3.8) is 0 Å². The van der Waals surface area contributed by atoms with Crippen molar-refractivity contribution in [3.05, 3.63) is 0 Å². The Morgan fingerprint density at radius 1 is 0.438 bits per heavy atom. The molecule has 0 saturated heterocycles. The van der Waals surface area contributed by atoms with Crippen LogP contribution in [-0.2, 0) is 0 Å². The first kappa shape index (κ1) is 31.8. The third kappa shape index (κ3) is 12.9. The standard InChI is InChI=1S/C28H62N4/c1-23(2)29(19-15-21-31(25(5)6)26(7)8)17-14-18-30(24(3)4)20-16-22-32(27(9)10)28(11,12)13/h23-27H,14-22H2,1-13H3. The van der Waals surface area contributed by atoms with Gasteiger partial charge in [0.05, 0.1) is 0 Å². The molecule has 0 saturated carbocycles. The number of hydrogen-bond acceptors (Lipinski definition) is 4. The first-order valence-corrected chi connectivity index (χ1v) is 13.7. The fourth-order valence-corrected chi connectivity index (χ4v) is 5.11. The highest BCUT2D eigenvalue weighted by molar-refractivity contribution is 4.79. The fourth-order valence-electron chi connectivity index (χ4n) is 5.11. The number of hydrogen-bond donors (Lipinski definition) is 0. The van der Waals surface area contributed by atoms with Crippen molar-refractivity contribution < 1.29 is 0 Å². The zero-order valence-corrected chi connectivity index (χ0v) is 24.5. The monoisotopic (exact) mass is 454 g/mol. The van der Waals surface area contributed by atoms with Gasteiger partial charge in [0, 0.05) is 42.3 Å². The van der Waals surface area contributed by atoms with E-state index in [1.165, 1.54) is 58.5 Å². The Morgan fingerprint density at radius 3 is 1.06 bits per heavy atom. The SMILES string of the molecule is CC(C)N(CCCN(CCCN(C(C)C)C(C)(C)C)C(C)C)CCCN(C(C)C)C(C)C. The summed E-state index contributed by atoms with van der Waals surface area (Å²) in [5.74, 6) is 0. The zero-order valence-electron chi connectivity index (χ0n) is 24.5. The third-order valence-corrected chi connectivity index (χ3v) is 6.87. The molecule has 0 aliphatic carbocycles. The summed E-state index contributed by atoms with van der Waals surface area (Å²) in [6.07, 6.45) is 3.78. The predicted octanol–water partition coefficient (Wildman–Crippen LogP) is 6.21. The molecule has 194 valence electrons. The smallest absolute Gasteiger partial charge is 0.0127 e. The van der Waals surface area contributed by atoms with Crippen LogP contribution in [0.4, 0.5) is 0 Å². The number of rotatable bonds is 17. The second-order valence-electron chi connectivity index (χ2n) is 12.2. The molecule has 0 aromatic heterocycles. The first-order chi connectivity index (χ1) is 14.7. The largest absolute Gasteiger partial charge is 0.301 e. The van der Waals surface area contributed by atoms with Crippen LogP contribution in [0.2, 0.25) is 0 Å². The molecule has 0 aliphatic rings. The van der Waals surface area contributed by atoms with Crippen molar-refractivity contribution in [1.29, 1.82) is 0 Å². The van der Waals surface area contributed by atoms with Crippen molar-refractivity contribution in [2.45, 2.75) is 145 Å². The van der Waals surface area contributed by atoms with Gasteiger partial charge in [-0.15, -0.1) is 0 Å². The quantitative estimate of drug-likeness (QED) is 0.259. The summed E-state index contributed by atoms with van der Waals surface area (Å²) in [6.45, 7) is 37.6. The minimum absolute atomic E-state index is 0.245. The molecule has 0 amide bonds. The van der Waals surface area contributed by atoms with E-state index in [4.69, 9.17) is 0 Å². The lowest BCUT2D eigenvalue weighted by atomic mass is 10.0. The van der Waals surface area contributed by atoms with Gasteiger partial charge in [-0.1, -0.05) is 0 Å². The third-order valence-electron chi connectivity index (χ3n) is 6.87. The molecule has 32 heavy (non-hydrogen) atoms. The van der Waals surface area contributed by atoms with Crippen LogP contribution >= 0.6 is 0 Å². The van der Waals surface area contributed by atoms with E-state index >= 15 is 0 Å². The van der Waals surface area contributed by atoms with Crippen LogP contribution in [0.25, 0.3) is 0 Å². The normalized spacial score (nSPS) is 13.7. The summed E-state index contributed by atoms with van der Waals surface area (Å²) >= 11 is 0. The Labute approximate surface area is 204 Å². The minimum Gasteiger partial charge on any atom is -0.301 e. The summed E-state index contributed by atoms with van der Waals surface area (Å²) < 4.78 is 0. The Morgan fingerprint density at radius 2 is 0.781 bits per heavy atom. The fraction of sp³-hybridized carbons (Fsp3) is 1.00. The van der Waals surface area contributed by atoms with Gasteiger partial charge in [0.25, 0.3) is 0 Å². The van der Waals surface area contributed by atoms with Gasteiger partial charge in [-0.25, -0.2) is 0 Å². The van der Waals surface area contributed by atoms with Crippen LogP contribution in [0.1, 0.15) is 109 Å². The van der Waals surface area contributed by atoms with Crippen molar-refractivity contribution in [1.82, 2.24) is 19.6 Å². The first-order valence-electron chi connectivity index (χ1n) is 13.7. The molecule has 0 radical (unpaired) electrons. The maximum atomic E-state index is 2.69. The van der Waals surface area contributed by atoms with Gasteiger partial charge in [-0.3, -0.25) is 9.80 Å². The van der Waals surface area contributed by atoms with E-state index in [0.29, 0.717) is 30.2 Å². The van der Waals surface area contributed by atoms with Gasteiger partial charge in [-0.05, 0) is 142 Å². The van der Waals surface area contributed by atoms with Crippen LogP contribution in [0, 0.1) is 0 Å².